The highest BCUT2D eigenvalue weighted by molar-refractivity contribution is 9.10. The summed E-state index contributed by atoms with van der Waals surface area (Å²) < 4.78 is 1.07. The molecular weight excluding hydrogens is 312 g/mol. The molecule has 18 heavy (non-hydrogen) atoms. The van der Waals surface area contributed by atoms with Crippen molar-refractivity contribution in [2.75, 3.05) is 6.61 Å². The van der Waals surface area contributed by atoms with Gasteiger partial charge in [-0.25, -0.2) is 0 Å². The Morgan fingerprint density at radius 2 is 1.89 bits per heavy atom. The van der Waals surface area contributed by atoms with E-state index < -0.39 is 0 Å². The van der Waals surface area contributed by atoms with E-state index in [4.69, 9.17) is 11.6 Å². The van der Waals surface area contributed by atoms with Crippen LogP contribution in [0, 0.1) is 0 Å². The normalized spacial score (nSPS) is 12.4. The molecule has 0 aliphatic heterocycles. The SMILES string of the molecule is OCC(Cc1ccccc1Br)c1cccc(Cl)c1. The Morgan fingerprint density at radius 3 is 2.56 bits per heavy atom. The maximum absolute atomic E-state index is 9.56. The predicted molar refractivity (Wildman–Crippen MR) is 79.1 cm³/mol. The van der Waals surface area contributed by atoms with Crippen LogP contribution in [0.25, 0.3) is 0 Å². The highest BCUT2D eigenvalue weighted by atomic mass is 79.9. The van der Waals surface area contributed by atoms with Crippen LogP contribution in [0.5, 0.6) is 0 Å². The van der Waals surface area contributed by atoms with Gasteiger partial charge in [0.25, 0.3) is 0 Å². The number of hydrogen-bond acceptors (Lipinski definition) is 1. The number of aliphatic hydroxyl groups is 1. The van der Waals surface area contributed by atoms with E-state index in [2.05, 4.69) is 22.0 Å². The van der Waals surface area contributed by atoms with E-state index in [0.29, 0.717) is 5.02 Å². The second kappa shape index (κ2) is 6.37. The Hall–Kier alpha value is -0.830. The molecule has 0 saturated carbocycles. The highest BCUT2D eigenvalue weighted by Crippen LogP contribution is 2.26. The van der Waals surface area contributed by atoms with E-state index in [0.717, 1.165) is 16.5 Å². The molecule has 0 spiro atoms. The molecule has 1 N–H and O–H groups in total. The molecule has 2 aromatic rings. The van der Waals surface area contributed by atoms with Crippen LogP contribution >= 0.6 is 27.5 Å². The van der Waals surface area contributed by atoms with Crippen molar-refractivity contribution in [1.29, 1.82) is 0 Å². The quantitative estimate of drug-likeness (QED) is 0.882. The van der Waals surface area contributed by atoms with E-state index in [9.17, 15) is 5.11 Å². The van der Waals surface area contributed by atoms with Crippen LogP contribution in [0.2, 0.25) is 5.02 Å². The Morgan fingerprint density at radius 1 is 1.11 bits per heavy atom. The summed E-state index contributed by atoms with van der Waals surface area (Å²) >= 11 is 9.52. The topological polar surface area (TPSA) is 20.2 Å². The van der Waals surface area contributed by atoms with Crippen molar-refractivity contribution >= 4 is 27.5 Å². The first-order valence-electron chi connectivity index (χ1n) is 5.80. The lowest BCUT2D eigenvalue weighted by Crippen LogP contribution is -2.08. The lowest BCUT2D eigenvalue weighted by atomic mass is 9.93. The Kier molecular flexibility index (Phi) is 4.81. The van der Waals surface area contributed by atoms with Crippen molar-refractivity contribution in [3.63, 3.8) is 0 Å². The fraction of sp³-hybridized carbons (Fsp3) is 0.200. The average molecular weight is 326 g/mol. The summed E-state index contributed by atoms with van der Waals surface area (Å²) in [4.78, 5) is 0. The number of hydrogen-bond donors (Lipinski definition) is 1. The van der Waals surface area contributed by atoms with E-state index >= 15 is 0 Å². The van der Waals surface area contributed by atoms with Crippen LogP contribution in [-0.2, 0) is 6.42 Å². The Balaban J connectivity index is 2.23. The third kappa shape index (κ3) is 3.35. The summed E-state index contributed by atoms with van der Waals surface area (Å²) in [6.07, 6.45) is 0.790. The molecule has 0 fully saturated rings. The van der Waals surface area contributed by atoms with Gasteiger partial charge in [-0.2, -0.15) is 0 Å². The van der Waals surface area contributed by atoms with Crippen molar-refractivity contribution in [2.24, 2.45) is 0 Å². The zero-order valence-corrected chi connectivity index (χ0v) is 12.2. The molecule has 2 aromatic carbocycles. The third-order valence-corrected chi connectivity index (χ3v) is 3.97. The summed E-state index contributed by atoms with van der Waals surface area (Å²) in [5, 5.41) is 10.3. The minimum atomic E-state index is 0.0717. The predicted octanol–water partition coefficient (Wildman–Crippen LogP) is 4.42. The van der Waals surface area contributed by atoms with Gasteiger partial charge in [-0.3, -0.25) is 0 Å². The summed E-state index contributed by atoms with van der Waals surface area (Å²) in [7, 11) is 0. The molecule has 1 unspecified atom stereocenters. The van der Waals surface area contributed by atoms with Crippen molar-refractivity contribution in [1.82, 2.24) is 0 Å². The molecule has 0 aromatic heterocycles. The molecule has 94 valence electrons. The molecule has 1 atom stereocenters. The first-order valence-corrected chi connectivity index (χ1v) is 6.97. The maximum atomic E-state index is 9.56. The molecule has 0 amide bonds. The molecule has 3 heteroatoms. The van der Waals surface area contributed by atoms with E-state index in [-0.39, 0.29) is 12.5 Å². The highest BCUT2D eigenvalue weighted by Gasteiger charge is 2.13. The molecule has 0 bridgehead atoms. The van der Waals surface area contributed by atoms with Crippen molar-refractivity contribution < 1.29 is 5.11 Å². The van der Waals surface area contributed by atoms with Gasteiger partial charge < -0.3 is 5.11 Å². The van der Waals surface area contributed by atoms with Gasteiger partial charge >= 0.3 is 0 Å². The van der Waals surface area contributed by atoms with E-state index in [1.54, 1.807) is 0 Å². The second-order valence-electron chi connectivity index (χ2n) is 4.23. The minimum Gasteiger partial charge on any atom is -0.396 e. The van der Waals surface area contributed by atoms with Crippen LogP contribution in [-0.4, -0.2) is 11.7 Å². The molecule has 1 nitrogen and oxygen atoms in total. The molecule has 2 rings (SSSR count). The first-order chi connectivity index (χ1) is 8.70. The maximum Gasteiger partial charge on any atom is 0.0502 e. The summed E-state index contributed by atoms with van der Waals surface area (Å²) in [5.74, 6) is 0.0717. The number of benzene rings is 2. The molecule has 0 heterocycles. The first kappa shape index (κ1) is 13.6. The van der Waals surface area contributed by atoms with Gasteiger partial charge in [-0.05, 0) is 35.7 Å². The van der Waals surface area contributed by atoms with Gasteiger partial charge in [0.05, 0.1) is 6.61 Å². The van der Waals surface area contributed by atoms with Gasteiger partial charge in [0.2, 0.25) is 0 Å². The summed E-state index contributed by atoms with van der Waals surface area (Å²) in [6, 6.07) is 15.8. The minimum absolute atomic E-state index is 0.0717. The van der Waals surface area contributed by atoms with Crippen molar-refractivity contribution in [3.8, 4) is 0 Å². The average Bonchev–Trinajstić information content (AvgIpc) is 2.38. The zero-order valence-electron chi connectivity index (χ0n) is 9.81. The fourth-order valence-electron chi connectivity index (χ4n) is 1.98. The molecule has 0 saturated heterocycles. The smallest absolute Gasteiger partial charge is 0.0502 e. The van der Waals surface area contributed by atoms with Crippen LogP contribution in [0.3, 0.4) is 0 Å². The van der Waals surface area contributed by atoms with Crippen LogP contribution < -0.4 is 0 Å². The number of aliphatic hydroxyl groups excluding tert-OH is 1. The number of rotatable bonds is 4. The molecule has 0 radical (unpaired) electrons. The van der Waals surface area contributed by atoms with Gasteiger partial charge in [0.15, 0.2) is 0 Å². The van der Waals surface area contributed by atoms with Crippen molar-refractivity contribution in [2.45, 2.75) is 12.3 Å². The standard InChI is InChI=1S/C15H14BrClO/c16-15-7-2-1-4-12(15)8-13(10-18)11-5-3-6-14(17)9-11/h1-7,9,13,18H,8,10H2. The van der Waals surface area contributed by atoms with Crippen LogP contribution in [0.15, 0.2) is 53.0 Å². The molecule has 0 aliphatic carbocycles. The second-order valence-corrected chi connectivity index (χ2v) is 5.52. The van der Waals surface area contributed by atoms with Gasteiger partial charge in [-0.15, -0.1) is 0 Å². The summed E-state index contributed by atoms with van der Waals surface area (Å²) in [5.41, 5.74) is 2.26. The van der Waals surface area contributed by atoms with E-state index in [1.165, 1.54) is 5.56 Å². The lowest BCUT2D eigenvalue weighted by molar-refractivity contribution is 0.264. The monoisotopic (exact) mass is 324 g/mol. The third-order valence-electron chi connectivity index (χ3n) is 2.96. The molecular formula is C15H14BrClO. The summed E-state index contributed by atoms with van der Waals surface area (Å²) in [6.45, 7) is 0.113. The van der Waals surface area contributed by atoms with Gasteiger partial charge in [-0.1, -0.05) is 57.9 Å². The van der Waals surface area contributed by atoms with Crippen LogP contribution in [0.4, 0.5) is 0 Å². The largest absolute Gasteiger partial charge is 0.396 e. The van der Waals surface area contributed by atoms with Crippen molar-refractivity contribution in [3.05, 3.63) is 69.2 Å². The molecule has 0 aliphatic rings. The van der Waals surface area contributed by atoms with Crippen LogP contribution in [0.1, 0.15) is 17.0 Å². The Labute approximate surface area is 121 Å². The Bertz CT molecular complexity index is 527. The van der Waals surface area contributed by atoms with Gasteiger partial charge in [0, 0.05) is 15.4 Å². The van der Waals surface area contributed by atoms with Gasteiger partial charge in [0.1, 0.15) is 0 Å². The fourth-order valence-corrected chi connectivity index (χ4v) is 2.62. The van der Waals surface area contributed by atoms with E-state index in [1.807, 2.05) is 42.5 Å². The lowest BCUT2D eigenvalue weighted by Gasteiger charge is -2.16. The zero-order chi connectivity index (χ0) is 13.0. The number of halogens is 2.